The van der Waals surface area contributed by atoms with E-state index in [-0.39, 0.29) is 5.91 Å². The van der Waals surface area contributed by atoms with E-state index in [0.717, 1.165) is 51.3 Å². The molecule has 2 aliphatic rings. The molecular formula is C20H25N3O2. The van der Waals surface area contributed by atoms with Gasteiger partial charge in [-0.3, -0.25) is 14.7 Å². The predicted octanol–water partition coefficient (Wildman–Crippen LogP) is 1.96. The molecule has 0 radical (unpaired) electrons. The Morgan fingerprint density at radius 3 is 2.80 bits per heavy atom. The first kappa shape index (κ1) is 16.5. The van der Waals surface area contributed by atoms with Gasteiger partial charge in [0.25, 0.3) is 0 Å². The van der Waals surface area contributed by atoms with Gasteiger partial charge in [-0.05, 0) is 24.0 Å². The second kappa shape index (κ2) is 7.10. The maximum atomic E-state index is 12.0. The topological polar surface area (TPSA) is 45.7 Å². The summed E-state index contributed by atoms with van der Waals surface area (Å²) in [5, 5.41) is 1.18. The largest absolute Gasteiger partial charge is 0.378 e. The molecule has 5 heteroatoms. The summed E-state index contributed by atoms with van der Waals surface area (Å²) in [6, 6.07) is 11.0. The average Bonchev–Trinajstić information content (AvgIpc) is 2.76. The van der Waals surface area contributed by atoms with Gasteiger partial charge in [-0.15, -0.1) is 0 Å². The first-order valence-corrected chi connectivity index (χ1v) is 9.10. The Hall–Kier alpha value is -1.98. The van der Waals surface area contributed by atoms with E-state index in [9.17, 15) is 4.79 Å². The number of fused-ring (bicyclic) bond motifs is 1. The highest BCUT2D eigenvalue weighted by atomic mass is 16.5. The number of aromatic nitrogens is 1. The van der Waals surface area contributed by atoms with Crippen molar-refractivity contribution < 1.29 is 9.53 Å². The number of hydrogen-bond acceptors (Lipinski definition) is 4. The van der Waals surface area contributed by atoms with Crippen LogP contribution in [-0.2, 0) is 16.0 Å². The zero-order valence-corrected chi connectivity index (χ0v) is 14.7. The van der Waals surface area contributed by atoms with Gasteiger partial charge in [-0.2, -0.15) is 0 Å². The highest BCUT2D eigenvalue weighted by molar-refractivity contribution is 5.81. The number of rotatable bonds is 3. The van der Waals surface area contributed by atoms with Crippen molar-refractivity contribution in [3.8, 4) is 0 Å². The summed E-state index contributed by atoms with van der Waals surface area (Å²) in [6.07, 6.45) is 2.81. The van der Waals surface area contributed by atoms with Gasteiger partial charge < -0.3 is 9.64 Å². The van der Waals surface area contributed by atoms with E-state index in [4.69, 9.17) is 4.74 Å². The number of para-hydroxylation sites is 1. The zero-order valence-electron chi connectivity index (χ0n) is 14.7. The second-order valence-corrected chi connectivity index (χ2v) is 7.21. The van der Waals surface area contributed by atoms with Crippen molar-refractivity contribution in [2.45, 2.75) is 19.4 Å². The highest BCUT2D eigenvalue weighted by Crippen LogP contribution is 2.23. The van der Waals surface area contributed by atoms with Crippen LogP contribution in [0.3, 0.4) is 0 Å². The first-order valence-electron chi connectivity index (χ1n) is 9.10. The number of benzene rings is 1. The van der Waals surface area contributed by atoms with Crippen LogP contribution in [0.2, 0.25) is 0 Å². The quantitative estimate of drug-likeness (QED) is 0.858. The van der Waals surface area contributed by atoms with Gasteiger partial charge in [0, 0.05) is 44.7 Å². The van der Waals surface area contributed by atoms with Crippen molar-refractivity contribution in [2.75, 3.05) is 39.4 Å². The number of hydrogen-bond donors (Lipinski definition) is 0. The standard InChI is InChI=1S/C20H25N3O2/c1-15(24)22-8-9-23(19-13-25-14-19)12-16(11-22)10-18-5-2-4-17-6-3-7-21-20(17)18/h2-7,16,19H,8-14H2,1H3. The van der Waals surface area contributed by atoms with Crippen molar-refractivity contribution in [2.24, 2.45) is 5.92 Å². The number of carbonyl (C=O) groups is 1. The molecule has 0 bridgehead atoms. The molecular weight excluding hydrogens is 314 g/mol. The van der Waals surface area contributed by atoms with Crippen LogP contribution in [0.25, 0.3) is 10.9 Å². The number of ether oxygens (including phenoxy) is 1. The molecule has 5 nitrogen and oxygen atoms in total. The van der Waals surface area contributed by atoms with Crippen LogP contribution in [0, 0.1) is 5.92 Å². The lowest BCUT2D eigenvalue weighted by molar-refractivity contribution is -0.129. The highest BCUT2D eigenvalue weighted by Gasteiger charge is 2.32. The Morgan fingerprint density at radius 2 is 2.04 bits per heavy atom. The minimum atomic E-state index is 0.174. The molecule has 25 heavy (non-hydrogen) atoms. The molecule has 1 unspecified atom stereocenters. The van der Waals surface area contributed by atoms with Gasteiger partial charge >= 0.3 is 0 Å². The average molecular weight is 339 g/mol. The third-order valence-electron chi connectivity index (χ3n) is 5.44. The van der Waals surface area contributed by atoms with Crippen molar-refractivity contribution in [1.82, 2.24) is 14.8 Å². The molecule has 2 aliphatic heterocycles. The molecule has 0 spiro atoms. The van der Waals surface area contributed by atoms with Crippen molar-refractivity contribution in [3.63, 3.8) is 0 Å². The Morgan fingerprint density at radius 1 is 1.20 bits per heavy atom. The molecule has 0 N–H and O–H groups in total. The molecule has 2 fully saturated rings. The van der Waals surface area contributed by atoms with Gasteiger partial charge in [-0.25, -0.2) is 0 Å². The molecule has 4 rings (SSSR count). The summed E-state index contributed by atoms with van der Waals surface area (Å²) in [7, 11) is 0. The molecule has 3 heterocycles. The number of amides is 1. The Balaban J connectivity index is 1.57. The maximum absolute atomic E-state index is 12.0. The third kappa shape index (κ3) is 3.53. The molecule has 1 aromatic heterocycles. The van der Waals surface area contributed by atoms with E-state index >= 15 is 0 Å². The van der Waals surface area contributed by atoms with E-state index < -0.39 is 0 Å². The monoisotopic (exact) mass is 339 g/mol. The summed E-state index contributed by atoms with van der Waals surface area (Å²) in [5.41, 5.74) is 2.36. The van der Waals surface area contributed by atoms with Gasteiger partial charge in [-0.1, -0.05) is 24.3 Å². The second-order valence-electron chi connectivity index (χ2n) is 7.21. The van der Waals surface area contributed by atoms with Crippen LogP contribution in [0.15, 0.2) is 36.5 Å². The van der Waals surface area contributed by atoms with E-state index in [0.29, 0.717) is 12.0 Å². The number of pyridine rings is 1. The molecule has 2 saturated heterocycles. The number of nitrogens with zero attached hydrogens (tertiary/aromatic N) is 3. The molecule has 1 aromatic carbocycles. The molecule has 1 amide bonds. The van der Waals surface area contributed by atoms with E-state index in [1.807, 2.05) is 17.2 Å². The lowest BCUT2D eigenvalue weighted by Gasteiger charge is -2.37. The summed E-state index contributed by atoms with van der Waals surface area (Å²) in [6.45, 7) is 6.92. The fraction of sp³-hybridized carbons (Fsp3) is 0.500. The summed E-state index contributed by atoms with van der Waals surface area (Å²) in [4.78, 5) is 21.1. The van der Waals surface area contributed by atoms with Crippen LogP contribution >= 0.6 is 0 Å². The smallest absolute Gasteiger partial charge is 0.219 e. The molecule has 0 aliphatic carbocycles. The predicted molar refractivity (Wildman–Crippen MR) is 97.4 cm³/mol. The Bertz CT molecular complexity index is 754. The van der Waals surface area contributed by atoms with Crippen LogP contribution in [0.4, 0.5) is 0 Å². The molecule has 0 saturated carbocycles. The lowest BCUT2D eigenvalue weighted by atomic mass is 9.96. The van der Waals surface area contributed by atoms with Crippen LogP contribution in [-0.4, -0.2) is 66.1 Å². The van der Waals surface area contributed by atoms with Gasteiger partial charge in [0.05, 0.1) is 24.8 Å². The summed E-state index contributed by atoms with van der Waals surface area (Å²) < 4.78 is 5.38. The minimum absolute atomic E-state index is 0.174. The minimum Gasteiger partial charge on any atom is -0.378 e. The van der Waals surface area contributed by atoms with E-state index in [2.05, 4.69) is 34.1 Å². The van der Waals surface area contributed by atoms with Crippen LogP contribution in [0.1, 0.15) is 12.5 Å². The van der Waals surface area contributed by atoms with E-state index in [1.165, 1.54) is 10.9 Å². The zero-order chi connectivity index (χ0) is 17.2. The fourth-order valence-electron chi connectivity index (χ4n) is 3.96. The number of carbonyl (C=O) groups excluding carboxylic acids is 1. The third-order valence-corrected chi connectivity index (χ3v) is 5.44. The van der Waals surface area contributed by atoms with Gasteiger partial charge in [0.2, 0.25) is 5.91 Å². The normalized spacial score (nSPS) is 22.6. The lowest BCUT2D eigenvalue weighted by Crippen LogP contribution is -2.51. The van der Waals surface area contributed by atoms with Crippen LogP contribution < -0.4 is 0 Å². The van der Waals surface area contributed by atoms with Gasteiger partial charge in [0.1, 0.15) is 0 Å². The SMILES string of the molecule is CC(=O)N1CCN(C2COC2)CC(Cc2cccc3cccnc23)C1. The molecule has 2 aromatic rings. The van der Waals surface area contributed by atoms with Crippen molar-refractivity contribution in [1.29, 1.82) is 0 Å². The fourth-order valence-corrected chi connectivity index (χ4v) is 3.96. The summed E-state index contributed by atoms with van der Waals surface area (Å²) >= 11 is 0. The Kier molecular flexibility index (Phi) is 4.68. The van der Waals surface area contributed by atoms with Crippen LogP contribution in [0.5, 0.6) is 0 Å². The molecule has 132 valence electrons. The maximum Gasteiger partial charge on any atom is 0.219 e. The van der Waals surface area contributed by atoms with E-state index in [1.54, 1.807) is 6.92 Å². The Labute approximate surface area is 148 Å². The van der Waals surface area contributed by atoms with Crippen molar-refractivity contribution >= 4 is 16.8 Å². The first-order chi connectivity index (χ1) is 12.2. The summed E-state index contributed by atoms with van der Waals surface area (Å²) in [5.74, 6) is 0.590. The van der Waals surface area contributed by atoms with Gasteiger partial charge in [0.15, 0.2) is 0 Å². The molecule has 1 atom stereocenters. The van der Waals surface area contributed by atoms with Crippen molar-refractivity contribution in [3.05, 3.63) is 42.1 Å².